The van der Waals surface area contributed by atoms with Crippen LogP contribution in [0.4, 0.5) is 0 Å². The van der Waals surface area contributed by atoms with E-state index < -0.39 is 18.1 Å². The number of carboxylic acid groups (broad SMARTS) is 1. The Bertz CT molecular complexity index is 425. The van der Waals surface area contributed by atoms with Crippen LogP contribution in [0.5, 0.6) is 0 Å². The van der Waals surface area contributed by atoms with Crippen LogP contribution in [-0.4, -0.2) is 58.4 Å². The second-order valence-electron chi connectivity index (χ2n) is 5.64. The van der Waals surface area contributed by atoms with Crippen LogP contribution < -0.4 is 5.32 Å². The van der Waals surface area contributed by atoms with Gasteiger partial charge in [-0.2, -0.15) is 11.8 Å². The van der Waals surface area contributed by atoms with E-state index in [-0.39, 0.29) is 17.7 Å². The molecule has 0 aromatic heterocycles. The van der Waals surface area contributed by atoms with Crippen molar-refractivity contribution >= 4 is 29.5 Å². The molecule has 1 unspecified atom stereocenters. The minimum Gasteiger partial charge on any atom is -0.480 e. The van der Waals surface area contributed by atoms with E-state index >= 15 is 0 Å². The van der Waals surface area contributed by atoms with Crippen LogP contribution in [0, 0.1) is 5.92 Å². The quantitative estimate of drug-likeness (QED) is 0.723. The average Bonchev–Trinajstić information content (AvgIpc) is 3.18. The molecule has 2 rings (SSSR count). The molecule has 0 bridgehead atoms. The van der Waals surface area contributed by atoms with E-state index in [4.69, 9.17) is 5.11 Å². The molecule has 0 spiro atoms. The molecule has 1 aliphatic carbocycles. The van der Waals surface area contributed by atoms with Crippen LogP contribution in [0.2, 0.25) is 0 Å². The molecule has 0 aromatic carbocycles. The Kier molecular flexibility index (Phi) is 5.50. The summed E-state index contributed by atoms with van der Waals surface area (Å²) in [5.74, 6) is -0.522. The highest BCUT2D eigenvalue weighted by atomic mass is 32.2. The van der Waals surface area contributed by atoms with Gasteiger partial charge in [-0.25, -0.2) is 4.79 Å². The molecule has 2 fully saturated rings. The monoisotopic (exact) mass is 314 g/mol. The molecule has 2 atom stereocenters. The topological polar surface area (TPSA) is 86.7 Å². The fourth-order valence-electron chi connectivity index (χ4n) is 2.63. The minimum absolute atomic E-state index is 0.0589. The second-order valence-corrected chi connectivity index (χ2v) is 6.63. The lowest BCUT2D eigenvalue weighted by Crippen LogP contribution is -2.51. The van der Waals surface area contributed by atoms with Crippen molar-refractivity contribution in [3.8, 4) is 0 Å². The predicted octanol–water partition coefficient (Wildman–Crippen LogP) is 0.710. The zero-order valence-corrected chi connectivity index (χ0v) is 13.0. The number of likely N-dealkylation sites (tertiary alicyclic amines) is 1. The molecule has 0 radical (unpaired) electrons. The van der Waals surface area contributed by atoms with Gasteiger partial charge in [0.2, 0.25) is 11.8 Å². The predicted molar refractivity (Wildman–Crippen MR) is 80.0 cm³/mol. The Balaban J connectivity index is 1.93. The highest BCUT2D eigenvalue weighted by Gasteiger charge is 2.41. The number of hydrogen-bond acceptors (Lipinski definition) is 4. The molecule has 1 aliphatic heterocycles. The van der Waals surface area contributed by atoms with Crippen molar-refractivity contribution in [1.29, 1.82) is 0 Å². The number of carbonyl (C=O) groups excluding carboxylic acids is 2. The summed E-state index contributed by atoms with van der Waals surface area (Å²) in [7, 11) is 0. The molecule has 1 heterocycles. The van der Waals surface area contributed by atoms with Gasteiger partial charge in [0, 0.05) is 12.5 Å². The van der Waals surface area contributed by atoms with Gasteiger partial charge in [-0.3, -0.25) is 9.59 Å². The summed E-state index contributed by atoms with van der Waals surface area (Å²) in [6, 6.07) is -1.36. The van der Waals surface area contributed by atoms with Gasteiger partial charge >= 0.3 is 5.97 Å². The first kappa shape index (κ1) is 16.1. The molecule has 1 saturated carbocycles. The summed E-state index contributed by atoms with van der Waals surface area (Å²) in [6.45, 7) is 0.607. The van der Waals surface area contributed by atoms with Crippen LogP contribution in [0.15, 0.2) is 0 Å². The van der Waals surface area contributed by atoms with Crippen LogP contribution >= 0.6 is 11.8 Å². The number of rotatable bonds is 7. The van der Waals surface area contributed by atoms with Gasteiger partial charge in [0.25, 0.3) is 0 Å². The maximum absolute atomic E-state index is 12.3. The Labute approximate surface area is 128 Å². The van der Waals surface area contributed by atoms with Crippen LogP contribution in [0.3, 0.4) is 0 Å². The van der Waals surface area contributed by atoms with Gasteiger partial charge in [-0.15, -0.1) is 0 Å². The van der Waals surface area contributed by atoms with Crippen LogP contribution in [-0.2, 0) is 14.4 Å². The number of nitrogens with zero attached hydrogens (tertiary/aromatic N) is 1. The molecule has 21 heavy (non-hydrogen) atoms. The van der Waals surface area contributed by atoms with Crippen molar-refractivity contribution in [1.82, 2.24) is 10.2 Å². The Morgan fingerprint density at radius 1 is 1.33 bits per heavy atom. The standard InChI is InChI=1S/C14H22N2O4S/c1-21-8-6-10(14(19)20)15-12(17)11-3-2-7-16(11)13(18)9-4-5-9/h9-11H,2-8H2,1H3,(H,15,17)(H,19,20)/t10-,11?/m0/s1. The molecule has 2 aliphatic rings. The summed E-state index contributed by atoms with van der Waals surface area (Å²) >= 11 is 1.55. The van der Waals surface area contributed by atoms with Gasteiger partial charge in [0.1, 0.15) is 12.1 Å². The van der Waals surface area contributed by atoms with Gasteiger partial charge in [0.05, 0.1) is 0 Å². The summed E-state index contributed by atoms with van der Waals surface area (Å²) in [5, 5.41) is 11.8. The third-order valence-corrected chi connectivity index (χ3v) is 4.63. The summed E-state index contributed by atoms with van der Waals surface area (Å²) in [6.07, 6.45) is 5.54. The lowest BCUT2D eigenvalue weighted by atomic mass is 10.1. The van der Waals surface area contributed by atoms with Crippen molar-refractivity contribution in [2.75, 3.05) is 18.6 Å². The minimum atomic E-state index is -1.02. The number of aliphatic carboxylic acids is 1. The molecular formula is C14H22N2O4S. The maximum Gasteiger partial charge on any atom is 0.326 e. The van der Waals surface area contributed by atoms with Gasteiger partial charge in [-0.1, -0.05) is 0 Å². The first-order valence-corrected chi connectivity index (χ1v) is 8.76. The normalized spacial score (nSPS) is 22.9. The summed E-state index contributed by atoms with van der Waals surface area (Å²) < 4.78 is 0. The van der Waals surface area contributed by atoms with E-state index in [2.05, 4.69) is 5.32 Å². The third-order valence-electron chi connectivity index (χ3n) is 3.99. The Morgan fingerprint density at radius 3 is 2.62 bits per heavy atom. The molecule has 6 nitrogen and oxygen atoms in total. The fraction of sp³-hybridized carbons (Fsp3) is 0.786. The highest BCUT2D eigenvalue weighted by Crippen LogP contribution is 2.33. The zero-order valence-electron chi connectivity index (χ0n) is 12.2. The van der Waals surface area contributed by atoms with E-state index in [1.165, 1.54) is 0 Å². The fourth-order valence-corrected chi connectivity index (χ4v) is 3.10. The summed E-state index contributed by atoms with van der Waals surface area (Å²) in [5.41, 5.74) is 0. The molecule has 7 heteroatoms. The molecule has 2 N–H and O–H groups in total. The lowest BCUT2D eigenvalue weighted by molar-refractivity contribution is -0.144. The van der Waals surface area contributed by atoms with Gasteiger partial charge in [0.15, 0.2) is 0 Å². The molecular weight excluding hydrogens is 292 g/mol. The average molecular weight is 314 g/mol. The van der Waals surface area contributed by atoms with E-state index in [0.29, 0.717) is 25.1 Å². The summed E-state index contributed by atoms with van der Waals surface area (Å²) in [4.78, 5) is 37.3. The van der Waals surface area contributed by atoms with E-state index in [1.807, 2.05) is 6.26 Å². The molecule has 118 valence electrons. The zero-order chi connectivity index (χ0) is 15.4. The number of hydrogen-bond donors (Lipinski definition) is 2. The SMILES string of the molecule is CSCC[C@H](NC(=O)C1CCCN1C(=O)C1CC1)C(=O)O. The van der Waals surface area contributed by atoms with Gasteiger partial charge < -0.3 is 15.3 Å². The molecule has 1 saturated heterocycles. The Hall–Kier alpha value is -1.24. The van der Waals surface area contributed by atoms with E-state index in [1.54, 1.807) is 16.7 Å². The first-order valence-electron chi connectivity index (χ1n) is 7.37. The van der Waals surface area contributed by atoms with Gasteiger partial charge in [-0.05, 0) is 44.1 Å². The smallest absolute Gasteiger partial charge is 0.326 e. The molecule has 0 aromatic rings. The largest absolute Gasteiger partial charge is 0.480 e. The highest BCUT2D eigenvalue weighted by molar-refractivity contribution is 7.98. The van der Waals surface area contributed by atoms with Crippen molar-refractivity contribution in [3.05, 3.63) is 0 Å². The van der Waals surface area contributed by atoms with Crippen molar-refractivity contribution in [3.63, 3.8) is 0 Å². The maximum atomic E-state index is 12.3. The Morgan fingerprint density at radius 2 is 2.05 bits per heavy atom. The van der Waals surface area contributed by atoms with Crippen molar-refractivity contribution in [2.45, 2.75) is 44.2 Å². The third kappa shape index (κ3) is 4.12. The number of amides is 2. The number of carboxylic acids is 1. The molecule has 2 amide bonds. The lowest BCUT2D eigenvalue weighted by Gasteiger charge is -2.25. The first-order chi connectivity index (χ1) is 10.0. The second kappa shape index (κ2) is 7.15. The number of nitrogens with one attached hydrogen (secondary N) is 1. The van der Waals surface area contributed by atoms with Crippen molar-refractivity contribution < 1.29 is 19.5 Å². The van der Waals surface area contributed by atoms with Crippen LogP contribution in [0.25, 0.3) is 0 Å². The van der Waals surface area contributed by atoms with Crippen molar-refractivity contribution in [2.24, 2.45) is 5.92 Å². The number of carbonyl (C=O) groups is 3. The number of thioether (sulfide) groups is 1. The van der Waals surface area contributed by atoms with E-state index in [0.717, 1.165) is 19.3 Å². The van der Waals surface area contributed by atoms with E-state index in [9.17, 15) is 14.4 Å². The van der Waals surface area contributed by atoms with Crippen LogP contribution in [0.1, 0.15) is 32.1 Å².